The number of hydrogen-bond donors (Lipinski definition) is 2. The summed E-state index contributed by atoms with van der Waals surface area (Å²) in [7, 11) is 0. The molecule has 2 N–H and O–H groups in total. The summed E-state index contributed by atoms with van der Waals surface area (Å²) in [4.78, 5) is 34.2. The Bertz CT molecular complexity index is 1240. The van der Waals surface area contributed by atoms with E-state index in [1.54, 1.807) is 36.7 Å². The third kappa shape index (κ3) is 3.80. The first-order chi connectivity index (χ1) is 14.1. The van der Waals surface area contributed by atoms with E-state index in [1.165, 1.54) is 10.5 Å². The van der Waals surface area contributed by atoms with Crippen molar-refractivity contribution < 1.29 is 9.90 Å². The van der Waals surface area contributed by atoms with Gasteiger partial charge in [0.2, 0.25) is 0 Å². The average Bonchev–Trinajstić information content (AvgIpc) is 2.74. The van der Waals surface area contributed by atoms with Crippen molar-refractivity contribution in [2.75, 3.05) is 6.54 Å². The molecule has 1 aromatic carbocycles. The molecular weight excluding hydrogens is 368 g/mol. The van der Waals surface area contributed by atoms with Gasteiger partial charge in [0.25, 0.3) is 11.5 Å². The summed E-state index contributed by atoms with van der Waals surface area (Å²) in [6.07, 6.45) is 7.70. The highest BCUT2D eigenvalue weighted by atomic mass is 16.3. The zero-order chi connectivity index (χ0) is 20.2. The van der Waals surface area contributed by atoms with E-state index in [1.807, 2.05) is 18.3 Å². The minimum Gasteiger partial charge on any atom is -0.507 e. The van der Waals surface area contributed by atoms with E-state index in [9.17, 15) is 14.7 Å². The highest BCUT2D eigenvalue weighted by molar-refractivity contribution is 6.08. The monoisotopic (exact) mass is 388 g/mol. The van der Waals surface area contributed by atoms with Crippen molar-refractivity contribution in [3.05, 3.63) is 82.5 Å². The van der Waals surface area contributed by atoms with E-state index >= 15 is 0 Å². The number of carbonyl (C=O) groups excluding carboxylic acids is 1. The van der Waals surface area contributed by atoms with Crippen molar-refractivity contribution in [2.24, 2.45) is 0 Å². The summed E-state index contributed by atoms with van der Waals surface area (Å²) in [6.45, 7) is 0.442. The smallest absolute Gasteiger partial charge is 0.266 e. The molecule has 4 rings (SSSR count). The molecule has 0 spiro atoms. The van der Waals surface area contributed by atoms with Crippen LogP contribution in [0, 0.1) is 0 Å². The molecule has 0 unspecified atom stereocenters. The number of carbonyl (C=O) groups is 1. The topological polar surface area (TPSA) is 96.6 Å². The molecule has 0 bridgehead atoms. The number of fused-ring (bicyclic) bond motifs is 2. The normalized spacial score (nSPS) is 11.0. The minimum atomic E-state index is -0.482. The Morgan fingerprint density at radius 1 is 1.10 bits per heavy atom. The van der Waals surface area contributed by atoms with Crippen LogP contribution in [0.15, 0.2) is 65.8 Å². The number of aromatic hydroxyl groups is 1. The van der Waals surface area contributed by atoms with E-state index in [2.05, 4.69) is 15.3 Å². The number of aryl methyl sites for hydroxylation is 1. The van der Waals surface area contributed by atoms with Gasteiger partial charge in [0.05, 0.1) is 16.5 Å². The van der Waals surface area contributed by atoms with Crippen molar-refractivity contribution in [1.29, 1.82) is 0 Å². The second-order valence-electron chi connectivity index (χ2n) is 6.77. The van der Waals surface area contributed by atoms with E-state index < -0.39 is 5.91 Å². The summed E-state index contributed by atoms with van der Waals surface area (Å²) < 4.78 is 1.37. The molecule has 0 saturated heterocycles. The van der Waals surface area contributed by atoms with Crippen molar-refractivity contribution in [3.63, 3.8) is 0 Å². The summed E-state index contributed by atoms with van der Waals surface area (Å²) in [5.41, 5.74) is 1.59. The van der Waals surface area contributed by atoms with Gasteiger partial charge in [-0.1, -0.05) is 12.1 Å². The molecule has 146 valence electrons. The van der Waals surface area contributed by atoms with E-state index in [0.29, 0.717) is 17.7 Å². The lowest BCUT2D eigenvalue weighted by atomic mass is 10.1. The molecule has 0 saturated carbocycles. The first-order valence-corrected chi connectivity index (χ1v) is 9.45. The van der Waals surface area contributed by atoms with Gasteiger partial charge in [-0.15, -0.1) is 0 Å². The van der Waals surface area contributed by atoms with Gasteiger partial charge in [-0.25, -0.2) is 4.98 Å². The Morgan fingerprint density at radius 2 is 2.00 bits per heavy atom. The minimum absolute atomic E-state index is 0.0366. The Balaban J connectivity index is 1.53. The number of rotatable bonds is 6. The standard InChI is InChI=1S/C22H20N4O3/c27-17-10-9-16-19(22(29)26-13-4-2-8-18(26)25-16)20(17)21(28)24-12-3-1-6-15-7-5-11-23-14-15/h2,4-5,7-11,13-14,27H,1,3,6,12H2,(H,24,28). The van der Waals surface area contributed by atoms with Crippen molar-refractivity contribution in [2.45, 2.75) is 19.3 Å². The first-order valence-electron chi connectivity index (χ1n) is 9.45. The van der Waals surface area contributed by atoms with Crippen LogP contribution in [-0.4, -0.2) is 31.9 Å². The molecule has 0 fully saturated rings. The lowest BCUT2D eigenvalue weighted by Crippen LogP contribution is -2.27. The summed E-state index contributed by atoms with van der Waals surface area (Å²) in [5.74, 6) is -0.718. The molecular formula is C22H20N4O3. The fraction of sp³-hybridized carbons (Fsp3) is 0.182. The molecule has 0 aliphatic carbocycles. The molecule has 3 aromatic heterocycles. The highest BCUT2D eigenvalue weighted by Gasteiger charge is 2.19. The average molecular weight is 388 g/mol. The van der Waals surface area contributed by atoms with E-state index in [-0.39, 0.29) is 22.3 Å². The number of pyridine rings is 2. The number of hydrogen-bond acceptors (Lipinski definition) is 5. The quantitative estimate of drug-likeness (QED) is 0.391. The molecule has 1 amide bonds. The molecule has 0 aliphatic heterocycles. The third-order valence-electron chi connectivity index (χ3n) is 4.80. The maximum atomic E-state index is 12.9. The van der Waals surface area contributed by atoms with Crippen molar-refractivity contribution in [1.82, 2.24) is 19.7 Å². The van der Waals surface area contributed by atoms with Gasteiger partial charge in [0.15, 0.2) is 0 Å². The Labute approximate surface area is 166 Å². The molecule has 7 heteroatoms. The van der Waals surface area contributed by atoms with Crippen LogP contribution in [0.4, 0.5) is 0 Å². The number of unbranched alkanes of at least 4 members (excludes halogenated alkanes) is 1. The number of nitrogens with zero attached hydrogens (tertiary/aromatic N) is 3. The predicted octanol–water partition coefficient (Wildman–Crippen LogP) is 2.70. The van der Waals surface area contributed by atoms with Crippen LogP contribution >= 0.6 is 0 Å². The number of aromatic nitrogens is 3. The van der Waals surface area contributed by atoms with Gasteiger partial charge >= 0.3 is 0 Å². The molecule has 3 heterocycles. The van der Waals surface area contributed by atoms with Gasteiger partial charge in [0.1, 0.15) is 11.4 Å². The zero-order valence-electron chi connectivity index (χ0n) is 15.7. The lowest BCUT2D eigenvalue weighted by Gasteiger charge is -2.10. The molecule has 0 radical (unpaired) electrons. The molecule has 29 heavy (non-hydrogen) atoms. The first kappa shape index (κ1) is 18.6. The van der Waals surface area contributed by atoms with Gasteiger partial charge in [-0.2, -0.15) is 0 Å². The predicted molar refractivity (Wildman–Crippen MR) is 110 cm³/mol. The number of phenolic OH excluding ortho intramolecular Hbond substituents is 1. The summed E-state index contributed by atoms with van der Waals surface area (Å²) in [6, 6.07) is 12.1. The zero-order valence-corrected chi connectivity index (χ0v) is 15.7. The van der Waals surface area contributed by atoms with Crippen LogP contribution in [0.25, 0.3) is 16.6 Å². The number of nitrogens with one attached hydrogen (secondary N) is 1. The molecule has 7 nitrogen and oxygen atoms in total. The Kier molecular flexibility index (Phi) is 5.20. The molecule has 0 atom stereocenters. The van der Waals surface area contributed by atoms with Gasteiger partial charge in [0, 0.05) is 25.1 Å². The molecule has 0 aliphatic rings. The van der Waals surface area contributed by atoms with E-state index in [4.69, 9.17) is 0 Å². The lowest BCUT2D eigenvalue weighted by molar-refractivity contribution is 0.0952. The van der Waals surface area contributed by atoms with E-state index in [0.717, 1.165) is 24.8 Å². The fourth-order valence-corrected chi connectivity index (χ4v) is 3.35. The van der Waals surface area contributed by atoms with Crippen LogP contribution < -0.4 is 10.9 Å². The maximum Gasteiger partial charge on any atom is 0.266 e. The number of amides is 1. The van der Waals surface area contributed by atoms with Crippen LogP contribution in [0.2, 0.25) is 0 Å². The Morgan fingerprint density at radius 3 is 2.83 bits per heavy atom. The van der Waals surface area contributed by atoms with Gasteiger partial charge in [-0.05, 0) is 55.2 Å². The second kappa shape index (κ2) is 8.10. The van der Waals surface area contributed by atoms with Crippen LogP contribution in [-0.2, 0) is 6.42 Å². The van der Waals surface area contributed by atoms with Crippen molar-refractivity contribution in [3.8, 4) is 5.75 Å². The maximum absolute atomic E-state index is 12.9. The number of benzene rings is 1. The third-order valence-corrected chi connectivity index (χ3v) is 4.80. The Hall–Kier alpha value is -3.74. The fourth-order valence-electron chi connectivity index (χ4n) is 3.35. The van der Waals surface area contributed by atoms with Gasteiger partial charge in [-0.3, -0.25) is 19.0 Å². The second-order valence-corrected chi connectivity index (χ2v) is 6.77. The van der Waals surface area contributed by atoms with Crippen LogP contribution in [0.1, 0.15) is 28.8 Å². The highest BCUT2D eigenvalue weighted by Crippen LogP contribution is 2.24. The van der Waals surface area contributed by atoms with Crippen LogP contribution in [0.5, 0.6) is 5.75 Å². The SMILES string of the molecule is O=C(NCCCCc1cccnc1)c1c(O)ccc2nc3ccccn3c(=O)c12. The largest absolute Gasteiger partial charge is 0.507 e. The van der Waals surface area contributed by atoms with Crippen molar-refractivity contribution >= 4 is 22.5 Å². The van der Waals surface area contributed by atoms with Crippen LogP contribution in [0.3, 0.4) is 0 Å². The molecule has 4 aromatic rings. The summed E-state index contributed by atoms with van der Waals surface area (Å²) >= 11 is 0. The summed E-state index contributed by atoms with van der Waals surface area (Å²) in [5, 5.41) is 13.2. The number of phenols is 1. The van der Waals surface area contributed by atoms with Gasteiger partial charge < -0.3 is 10.4 Å².